The fourth-order valence-corrected chi connectivity index (χ4v) is 2.99. The van der Waals surface area contributed by atoms with Crippen molar-refractivity contribution in [2.75, 3.05) is 13.2 Å². The summed E-state index contributed by atoms with van der Waals surface area (Å²) in [6, 6.07) is 0.893. The predicted molar refractivity (Wildman–Crippen MR) is 61.6 cm³/mol. The highest BCUT2D eigenvalue weighted by Crippen LogP contribution is 2.13. The summed E-state index contributed by atoms with van der Waals surface area (Å²) >= 11 is 5.58. The lowest BCUT2D eigenvalue weighted by Crippen LogP contribution is -2.35. The summed E-state index contributed by atoms with van der Waals surface area (Å²) < 4.78 is 31.4. The van der Waals surface area contributed by atoms with E-state index in [0.29, 0.717) is 19.6 Å². The Morgan fingerprint density at radius 1 is 1.53 bits per heavy atom. The largest absolute Gasteiger partial charge is 0.380 e. The molecule has 0 aromatic carbocycles. The first-order valence-corrected chi connectivity index (χ1v) is 6.83. The van der Waals surface area contributed by atoms with E-state index in [9.17, 15) is 13.2 Å². The first-order chi connectivity index (χ1) is 7.99. The van der Waals surface area contributed by atoms with Crippen LogP contribution in [0.2, 0.25) is 5.02 Å². The smallest absolute Gasteiger partial charge is 0.266 e. The number of rotatable bonds is 3. The lowest BCUT2D eigenvalue weighted by Gasteiger charge is -2.11. The van der Waals surface area contributed by atoms with Gasteiger partial charge in [0, 0.05) is 18.8 Å². The third kappa shape index (κ3) is 2.86. The molecular formula is C9H11ClN2O4S. The highest BCUT2D eigenvalue weighted by molar-refractivity contribution is 7.89. The van der Waals surface area contributed by atoms with Gasteiger partial charge in [-0.15, -0.1) is 0 Å². The maximum Gasteiger partial charge on any atom is 0.266 e. The van der Waals surface area contributed by atoms with Gasteiger partial charge < -0.3 is 9.72 Å². The molecule has 1 saturated heterocycles. The summed E-state index contributed by atoms with van der Waals surface area (Å²) in [5.41, 5.74) is -0.519. The lowest BCUT2D eigenvalue weighted by molar-refractivity contribution is 0.192. The van der Waals surface area contributed by atoms with Gasteiger partial charge in [0.1, 0.15) is 5.02 Å². The third-order valence-corrected chi connectivity index (χ3v) is 4.17. The van der Waals surface area contributed by atoms with E-state index in [1.807, 2.05) is 0 Å². The molecule has 2 rings (SSSR count). The number of hydrogen-bond donors (Lipinski definition) is 2. The molecule has 0 bridgehead atoms. The number of sulfonamides is 1. The van der Waals surface area contributed by atoms with Crippen molar-refractivity contribution in [2.24, 2.45) is 0 Å². The first kappa shape index (κ1) is 12.6. The predicted octanol–water partition coefficient (Wildman–Crippen LogP) is 0.0955. The van der Waals surface area contributed by atoms with Crippen molar-refractivity contribution >= 4 is 21.6 Å². The minimum Gasteiger partial charge on any atom is -0.380 e. The quantitative estimate of drug-likeness (QED) is 0.820. The molecule has 94 valence electrons. The van der Waals surface area contributed by atoms with E-state index in [2.05, 4.69) is 9.71 Å². The van der Waals surface area contributed by atoms with Crippen LogP contribution in [0.15, 0.2) is 22.0 Å². The maximum atomic E-state index is 11.9. The highest BCUT2D eigenvalue weighted by Gasteiger charge is 2.23. The Balaban J connectivity index is 2.24. The topological polar surface area (TPSA) is 88.3 Å². The second-order valence-electron chi connectivity index (χ2n) is 3.69. The highest BCUT2D eigenvalue weighted by atomic mass is 35.5. The van der Waals surface area contributed by atoms with Gasteiger partial charge >= 0.3 is 0 Å². The van der Waals surface area contributed by atoms with Crippen molar-refractivity contribution in [3.05, 3.63) is 27.6 Å². The summed E-state index contributed by atoms with van der Waals surface area (Å²) in [5, 5.41) is -0.157. The molecule has 1 unspecified atom stereocenters. The second-order valence-corrected chi connectivity index (χ2v) is 5.82. The molecule has 1 aliphatic rings. The molecule has 2 heterocycles. The van der Waals surface area contributed by atoms with Crippen LogP contribution in [0.5, 0.6) is 0 Å². The zero-order valence-electron chi connectivity index (χ0n) is 8.77. The molecule has 1 aliphatic heterocycles. The van der Waals surface area contributed by atoms with Crippen LogP contribution in [0.1, 0.15) is 6.42 Å². The number of aromatic amines is 1. The molecular weight excluding hydrogens is 268 g/mol. The number of ether oxygens (including phenoxy) is 1. The molecule has 1 aromatic rings. The van der Waals surface area contributed by atoms with Gasteiger partial charge in [0.05, 0.1) is 11.5 Å². The molecule has 0 radical (unpaired) electrons. The number of H-pyrrole nitrogens is 1. The number of halogens is 1. The van der Waals surface area contributed by atoms with Crippen LogP contribution in [-0.4, -0.2) is 32.7 Å². The number of aromatic nitrogens is 1. The van der Waals surface area contributed by atoms with Crippen molar-refractivity contribution in [1.29, 1.82) is 0 Å². The van der Waals surface area contributed by atoms with Crippen LogP contribution in [0.3, 0.4) is 0 Å². The molecule has 0 aliphatic carbocycles. The molecule has 8 heteroatoms. The average molecular weight is 279 g/mol. The van der Waals surface area contributed by atoms with Crippen molar-refractivity contribution in [1.82, 2.24) is 9.71 Å². The van der Waals surface area contributed by atoms with Gasteiger partial charge in [0.15, 0.2) is 0 Å². The van der Waals surface area contributed by atoms with E-state index in [-0.39, 0.29) is 16.0 Å². The molecule has 17 heavy (non-hydrogen) atoms. The monoisotopic (exact) mass is 278 g/mol. The van der Waals surface area contributed by atoms with Gasteiger partial charge in [0.2, 0.25) is 10.0 Å². The van der Waals surface area contributed by atoms with E-state index in [4.69, 9.17) is 16.3 Å². The summed E-state index contributed by atoms with van der Waals surface area (Å²) in [6.45, 7) is 0.899. The van der Waals surface area contributed by atoms with Crippen molar-refractivity contribution in [3.8, 4) is 0 Å². The molecule has 1 fully saturated rings. The Bertz CT molecular complexity index is 563. The molecule has 2 N–H and O–H groups in total. The van der Waals surface area contributed by atoms with E-state index in [1.54, 1.807) is 0 Å². The Labute approximate surface area is 103 Å². The Morgan fingerprint density at radius 3 is 2.88 bits per heavy atom. The summed E-state index contributed by atoms with van der Waals surface area (Å²) in [6.07, 6.45) is 1.75. The van der Waals surface area contributed by atoms with Crippen LogP contribution in [-0.2, 0) is 14.8 Å². The summed E-state index contributed by atoms with van der Waals surface area (Å²) in [4.78, 5) is 13.2. The molecule has 1 atom stereocenters. The van der Waals surface area contributed by atoms with Gasteiger partial charge in [-0.1, -0.05) is 11.6 Å². The van der Waals surface area contributed by atoms with Gasteiger partial charge in [-0.3, -0.25) is 4.79 Å². The van der Waals surface area contributed by atoms with Crippen LogP contribution in [0.4, 0.5) is 0 Å². The summed E-state index contributed by atoms with van der Waals surface area (Å²) in [5.74, 6) is 0. The number of pyridine rings is 1. The molecule has 6 nitrogen and oxygen atoms in total. The number of nitrogens with one attached hydrogen (secondary N) is 2. The standard InChI is InChI=1S/C9H11ClN2O4S/c10-8-3-7(4-11-9(8)13)17(14,15)12-6-1-2-16-5-6/h3-4,6,12H,1-2,5H2,(H,11,13). The third-order valence-electron chi connectivity index (χ3n) is 2.39. The minimum atomic E-state index is -3.67. The Kier molecular flexibility index (Phi) is 3.53. The fraction of sp³-hybridized carbons (Fsp3) is 0.444. The van der Waals surface area contributed by atoms with Gasteiger partial charge in [-0.25, -0.2) is 13.1 Å². The molecule has 0 saturated carbocycles. The van der Waals surface area contributed by atoms with Gasteiger partial charge in [-0.05, 0) is 12.5 Å². The van der Waals surface area contributed by atoms with Crippen molar-refractivity contribution in [3.63, 3.8) is 0 Å². The molecule has 1 aromatic heterocycles. The lowest BCUT2D eigenvalue weighted by atomic mass is 10.3. The van der Waals surface area contributed by atoms with E-state index in [1.165, 1.54) is 0 Å². The first-order valence-electron chi connectivity index (χ1n) is 4.97. The zero-order valence-corrected chi connectivity index (χ0v) is 10.3. The Morgan fingerprint density at radius 2 is 2.29 bits per heavy atom. The average Bonchev–Trinajstić information content (AvgIpc) is 2.73. The molecule has 0 spiro atoms. The fourth-order valence-electron chi connectivity index (χ4n) is 1.51. The van der Waals surface area contributed by atoms with Crippen molar-refractivity contribution in [2.45, 2.75) is 17.4 Å². The number of hydrogen-bond acceptors (Lipinski definition) is 4. The maximum absolute atomic E-state index is 11.9. The second kappa shape index (κ2) is 4.77. The zero-order chi connectivity index (χ0) is 12.5. The van der Waals surface area contributed by atoms with E-state index < -0.39 is 15.6 Å². The van der Waals surface area contributed by atoms with Crippen LogP contribution >= 0.6 is 11.6 Å². The van der Waals surface area contributed by atoms with Crippen LogP contribution in [0.25, 0.3) is 0 Å². The van der Waals surface area contributed by atoms with Crippen LogP contribution < -0.4 is 10.3 Å². The van der Waals surface area contributed by atoms with Gasteiger partial charge in [0.25, 0.3) is 5.56 Å². The van der Waals surface area contributed by atoms with E-state index >= 15 is 0 Å². The van der Waals surface area contributed by atoms with E-state index in [0.717, 1.165) is 12.3 Å². The summed E-state index contributed by atoms with van der Waals surface area (Å²) in [7, 11) is -3.67. The Hall–Kier alpha value is -0.890. The SMILES string of the molecule is O=c1[nH]cc(S(=O)(=O)NC2CCOC2)cc1Cl. The molecule has 0 amide bonds. The van der Waals surface area contributed by atoms with Gasteiger partial charge in [-0.2, -0.15) is 0 Å². The normalized spacial score (nSPS) is 20.6. The van der Waals surface area contributed by atoms with Crippen molar-refractivity contribution < 1.29 is 13.2 Å². The van der Waals surface area contributed by atoms with Crippen LogP contribution in [0, 0.1) is 0 Å². The minimum absolute atomic E-state index is 0.0611.